The number of sulfonamides is 1. The average molecular weight is 380 g/mol. The van der Waals surface area contributed by atoms with E-state index in [0.29, 0.717) is 16.7 Å². The first kappa shape index (κ1) is 16.1. The highest BCUT2D eigenvalue weighted by Gasteiger charge is 2.44. The van der Waals surface area contributed by atoms with Gasteiger partial charge in [0.1, 0.15) is 0 Å². The zero-order valence-corrected chi connectivity index (χ0v) is 15.3. The minimum absolute atomic E-state index is 0.142. The molecule has 2 atom stereocenters. The van der Waals surface area contributed by atoms with E-state index in [1.54, 1.807) is 16.4 Å². The third-order valence-electron chi connectivity index (χ3n) is 4.57. The first-order chi connectivity index (χ1) is 11.4. The molecule has 2 fully saturated rings. The number of fused-ring (bicyclic) bond motifs is 3. The Morgan fingerprint density at radius 3 is 2.83 bits per heavy atom. The van der Waals surface area contributed by atoms with E-state index in [1.165, 1.54) is 0 Å². The van der Waals surface area contributed by atoms with Crippen LogP contribution in [0.5, 0.6) is 0 Å². The van der Waals surface area contributed by atoms with E-state index in [0.717, 1.165) is 28.6 Å². The molecule has 2 aliphatic rings. The number of anilines is 1. The van der Waals surface area contributed by atoms with Crippen molar-refractivity contribution >= 4 is 55.6 Å². The van der Waals surface area contributed by atoms with E-state index in [4.69, 9.17) is 18.0 Å². The number of nitrogens with two attached hydrogens (primary N) is 1. The molecule has 24 heavy (non-hydrogen) atoms. The fourth-order valence-electron chi connectivity index (χ4n) is 3.46. The monoisotopic (exact) mass is 379 g/mol. The molecule has 0 aromatic heterocycles. The molecular formula is C16H17N3O2S3. The van der Waals surface area contributed by atoms with Crippen molar-refractivity contribution in [2.45, 2.75) is 22.6 Å². The molecule has 126 valence electrons. The smallest absolute Gasteiger partial charge is 0.243 e. The maximum absolute atomic E-state index is 13.0. The Morgan fingerprint density at radius 2 is 2.17 bits per heavy atom. The summed E-state index contributed by atoms with van der Waals surface area (Å²) in [5.74, 6) is 0.902. The summed E-state index contributed by atoms with van der Waals surface area (Å²) in [6.45, 7) is 0.624. The molecule has 2 unspecified atom stereocenters. The van der Waals surface area contributed by atoms with Crippen LogP contribution in [0, 0.1) is 0 Å². The van der Waals surface area contributed by atoms with Crippen LogP contribution in [0.4, 0.5) is 5.69 Å². The number of nitrogens with zero attached hydrogens (tertiary/aromatic N) is 1. The predicted octanol–water partition coefficient (Wildman–Crippen LogP) is 2.37. The molecule has 4 rings (SSSR count). The number of nitrogens with one attached hydrogen (secondary N) is 1. The van der Waals surface area contributed by atoms with Crippen LogP contribution in [0.25, 0.3) is 10.8 Å². The number of thiocarbonyl (C=S) groups is 1. The van der Waals surface area contributed by atoms with Crippen LogP contribution >= 0.6 is 24.0 Å². The fourth-order valence-corrected chi connectivity index (χ4v) is 6.91. The lowest BCUT2D eigenvalue weighted by Crippen LogP contribution is -2.39. The summed E-state index contributed by atoms with van der Waals surface area (Å²) in [6, 6.07) is 11.0. The molecule has 3 N–H and O–H groups in total. The molecule has 8 heteroatoms. The van der Waals surface area contributed by atoms with Gasteiger partial charge in [-0.3, -0.25) is 0 Å². The summed E-state index contributed by atoms with van der Waals surface area (Å²) in [5.41, 5.74) is 6.33. The lowest BCUT2D eigenvalue weighted by molar-refractivity contribution is 0.410. The molecule has 0 spiro atoms. The SMILES string of the molecule is NC(=S)Nc1cccc2cc(S(=O)(=O)N3CC4CC3CS4)ccc12. The highest BCUT2D eigenvalue weighted by atomic mass is 32.2. The molecule has 2 heterocycles. The number of thioether (sulfide) groups is 1. The van der Waals surface area contributed by atoms with Gasteiger partial charge in [-0.25, -0.2) is 8.42 Å². The topological polar surface area (TPSA) is 75.4 Å². The van der Waals surface area contributed by atoms with Gasteiger partial charge in [0.2, 0.25) is 10.0 Å². The van der Waals surface area contributed by atoms with E-state index in [1.807, 2.05) is 36.0 Å². The third kappa shape index (κ3) is 2.67. The molecule has 2 saturated heterocycles. The van der Waals surface area contributed by atoms with Crippen LogP contribution in [-0.2, 0) is 10.0 Å². The van der Waals surface area contributed by atoms with Crippen molar-refractivity contribution in [1.82, 2.24) is 4.31 Å². The van der Waals surface area contributed by atoms with Gasteiger partial charge >= 0.3 is 0 Å². The van der Waals surface area contributed by atoms with Crippen LogP contribution < -0.4 is 11.1 Å². The summed E-state index contributed by atoms with van der Waals surface area (Å²) in [6.07, 6.45) is 0.972. The Hall–Kier alpha value is -1.35. The van der Waals surface area contributed by atoms with Crippen molar-refractivity contribution in [3.63, 3.8) is 0 Å². The molecule has 0 amide bonds. The van der Waals surface area contributed by atoms with Crippen LogP contribution in [0.15, 0.2) is 41.3 Å². The maximum Gasteiger partial charge on any atom is 0.243 e. The van der Waals surface area contributed by atoms with E-state index in [2.05, 4.69) is 5.32 Å². The number of rotatable bonds is 3. The first-order valence-electron chi connectivity index (χ1n) is 7.68. The van der Waals surface area contributed by atoms with Crippen molar-refractivity contribution in [2.24, 2.45) is 5.73 Å². The second-order valence-corrected chi connectivity index (χ2v) is 9.76. The zero-order chi connectivity index (χ0) is 16.9. The van der Waals surface area contributed by atoms with E-state index in [9.17, 15) is 8.42 Å². The summed E-state index contributed by atoms with van der Waals surface area (Å²) in [5, 5.41) is 5.30. The van der Waals surface area contributed by atoms with Crippen LogP contribution in [0.3, 0.4) is 0 Å². The van der Waals surface area contributed by atoms with Gasteiger partial charge in [0, 0.05) is 34.7 Å². The fraction of sp³-hybridized carbons (Fsp3) is 0.312. The lowest BCUT2D eigenvalue weighted by atomic mass is 10.1. The van der Waals surface area contributed by atoms with Crippen molar-refractivity contribution in [3.8, 4) is 0 Å². The van der Waals surface area contributed by atoms with E-state index < -0.39 is 10.0 Å². The number of hydrogen-bond acceptors (Lipinski definition) is 4. The zero-order valence-electron chi connectivity index (χ0n) is 12.8. The van der Waals surface area contributed by atoms with E-state index >= 15 is 0 Å². The molecule has 2 aromatic carbocycles. The predicted molar refractivity (Wildman–Crippen MR) is 103 cm³/mol. The average Bonchev–Trinajstić information content (AvgIpc) is 3.17. The molecular weight excluding hydrogens is 362 g/mol. The van der Waals surface area contributed by atoms with Crippen LogP contribution in [-0.4, -0.2) is 41.4 Å². The van der Waals surface area contributed by atoms with Crippen molar-refractivity contribution in [3.05, 3.63) is 36.4 Å². The maximum atomic E-state index is 13.0. The van der Waals surface area contributed by atoms with Crippen LogP contribution in [0.2, 0.25) is 0 Å². The number of hydrogen-bond donors (Lipinski definition) is 2. The second kappa shape index (κ2) is 5.87. The normalized spacial score (nSPS) is 23.7. The Kier molecular flexibility index (Phi) is 3.95. The highest BCUT2D eigenvalue weighted by molar-refractivity contribution is 8.00. The van der Waals surface area contributed by atoms with Gasteiger partial charge in [-0.2, -0.15) is 16.1 Å². The molecule has 0 radical (unpaired) electrons. The van der Waals surface area contributed by atoms with Gasteiger partial charge in [-0.05, 0) is 42.2 Å². The quantitative estimate of drug-likeness (QED) is 0.798. The van der Waals surface area contributed by atoms with Gasteiger partial charge in [-0.15, -0.1) is 0 Å². The summed E-state index contributed by atoms with van der Waals surface area (Å²) >= 11 is 6.77. The second-order valence-electron chi connectivity index (χ2n) is 6.10. The lowest BCUT2D eigenvalue weighted by Gasteiger charge is -2.26. The first-order valence-corrected chi connectivity index (χ1v) is 10.6. The third-order valence-corrected chi connectivity index (χ3v) is 7.97. The number of benzene rings is 2. The minimum Gasteiger partial charge on any atom is -0.376 e. The van der Waals surface area contributed by atoms with Gasteiger partial charge in [0.15, 0.2) is 5.11 Å². The summed E-state index contributed by atoms with van der Waals surface area (Å²) < 4.78 is 27.7. The highest BCUT2D eigenvalue weighted by Crippen LogP contribution is 2.40. The Labute approximate surface area is 150 Å². The van der Waals surface area contributed by atoms with Gasteiger partial charge in [0.05, 0.1) is 4.90 Å². The molecule has 2 bridgehead atoms. The largest absolute Gasteiger partial charge is 0.376 e. The Morgan fingerprint density at radius 1 is 1.33 bits per heavy atom. The van der Waals surface area contributed by atoms with Crippen molar-refractivity contribution in [2.75, 3.05) is 17.6 Å². The molecule has 2 aromatic rings. The molecule has 0 saturated carbocycles. The summed E-state index contributed by atoms with van der Waals surface area (Å²) in [7, 11) is -3.45. The summed E-state index contributed by atoms with van der Waals surface area (Å²) in [4.78, 5) is 0.347. The molecule has 0 aliphatic carbocycles. The van der Waals surface area contributed by atoms with Gasteiger partial charge in [-0.1, -0.05) is 18.2 Å². The van der Waals surface area contributed by atoms with Gasteiger partial charge in [0.25, 0.3) is 0 Å². The Bertz CT molecular complexity index is 929. The van der Waals surface area contributed by atoms with Gasteiger partial charge < -0.3 is 11.1 Å². The Balaban J connectivity index is 1.74. The van der Waals surface area contributed by atoms with Crippen molar-refractivity contribution in [1.29, 1.82) is 0 Å². The molecule has 5 nitrogen and oxygen atoms in total. The minimum atomic E-state index is -3.45. The standard InChI is InChI=1S/C16H17N3O2S3/c17-16(22)18-15-3-1-2-10-6-13(4-5-14(10)15)24(20,21)19-8-12-7-11(19)9-23-12/h1-6,11-12H,7-9H2,(H3,17,18,22). The van der Waals surface area contributed by atoms with E-state index in [-0.39, 0.29) is 11.2 Å². The molecule has 2 aliphatic heterocycles. The van der Waals surface area contributed by atoms with Crippen molar-refractivity contribution < 1.29 is 8.42 Å². The van der Waals surface area contributed by atoms with Crippen LogP contribution in [0.1, 0.15) is 6.42 Å².